The van der Waals surface area contributed by atoms with E-state index in [1.807, 2.05) is 18.2 Å². The summed E-state index contributed by atoms with van der Waals surface area (Å²) in [7, 11) is -2.90. The predicted octanol–water partition coefficient (Wildman–Crippen LogP) is 1.52. The summed E-state index contributed by atoms with van der Waals surface area (Å²) >= 11 is 6.07. The van der Waals surface area contributed by atoms with E-state index in [4.69, 9.17) is 11.6 Å². The topological polar surface area (TPSA) is 63.2 Å². The van der Waals surface area contributed by atoms with Gasteiger partial charge in [-0.05, 0) is 17.9 Å². The third kappa shape index (κ3) is 3.94. The molecule has 1 amide bonds. The minimum absolute atomic E-state index is 0.00795. The smallest absolute Gasteiger partial charge is 0.242 e. The van der Waals surface area contributed by atoms with Gasteiger partial charge >= 0.3 is 0 Å². The van der Waals surface area contributed by atoms with Gasteiger partial charge in [0.25, 0.3) is 0 Å². The molecule has 4 nitrogen and oxygen atoms in total. The largest absolute Gasteiger partial charge is 0.354 e. The standard InChI is InChI=1S/C13H16ClNO3S/c14-12(11-4-2-1-3-5-11)13(16)15-8-10-6-7-19(17,18)9-10/h1-5,10,12H,6-9H2,(H,15,16). The fraction of sp³-hybridized carbons (Fsp3) is 0.462. The van der Waals surface area contributed by atoms with E-state index in [0.717, 1.165) is 5.56 Å². The van der Waals surface area contributed by atoms with Gasteiger partial charge in [-0.2, -0.15) is 0 Å². The van der Waals surface area contributed by atoms with Gasteiger partial charge in [-0.3, -0.25) is 4.79 Å². The molecule has 0 aliphatic carbocycles. The van der Waals surface area contributed by atoms with E-state index in [1.165, 1.54) is 0 Å². The molecule has 1 N–H and O–H groups in total. The maximum Gasteiger partial charge on any atom is 0.242 e. The van der Waals surface area contributed by atoms with Crippen molar-refractivity contribution in [2.24, 2.45) is 5.92 Å². The number of amides is 1. The van der Waals surface area contributed by atoms with Crippen LogP contribution in [0.25, 0.3) is 0 Å². The summed E-state index contributed by atoms with van der Waals surface area (Å²) < 4.78 is 22.6. The first-order valence-electron chi connectivity index (χ1n) is 6.15. The van der Waals surface area contributed by atoms with Crippen molar-refractivity contribution in [3.63, 3.8) is 0 Å². The quantitative estimate of drug-likeness (QED) is 0.858. The van der Waals surface area contributed by atoms with Crippen LogP contribution in [-0.2, 0) is 14.6 Å². The molecule has 0 bridgehead atoms. The van der Waals surface area contributed by atoms with Crippen molar-refractivity contribution >= 4 is 27.3 Å². The number of alkyl halides is 1. The molecule has 2 atom stereocenters. The zero-order valence-corrected chi connectivity index (χ0v) is 12.0. The molecule has 104 valence electrons. The number of carbonyl (C=O) groups excluding carboxylic acids is 1. The van der Waals surface area contributed by atoms with Gasteiger partial charge in [0.2, 0.25) is 5.91 Å². The lowest BCUT2D eigenvalue weighted by molar-refractivity contribution is -0.121. The highest BCUT2D eigenvalue weighted by atomic mass is 35.5. The number of halogens is 1. The van der Waals surface area contributed by atoms with Crippen LogP contribution in [0.15, 0.2) is 30.3 Å². The van der Waals surface area contributed by atoms with Crippen LogP contribution in [0.3, 0.4) is 0 Å². The number of hydrogen-bond donors (Lipinski definition) is 1. The van der Waals surface area contributed by atoms with Crippen LogP contribution in [-0.4, -0.2) is 32.4 Å². The molecule has 1 heterocycles. The third-order valence-electron chi connectivity index (χ3n) is 3.21. The molecule has 1 fully saturated rings. The first-order chi connectivity index (χ1) is 8.98. The van der Waals surface area contributed by atoms with E-state index in [9.17, 15) is 13.2 Å². The first kappa shape index (κ1) is 14.3. The Morgan fingerprint density at radius 2 is 2.05 bits per heavy atom. The summed E-state index contributed by atoms with van der Waals surface area (Å²) in [5, 5.41) is 1.99. The predicted molar refractivity (Wildman–Crippen MR) is 74.8 cm³/mol. The van der Waals surface area contributed by atoms with E-state index in [1.54, 1.807) is 12.1 Å². The highest BCUT2D eigenvalue weighted by Crippen LogP contribution is 2.21. The summed E-state index contributed by atoms with van der Waals surface area (Å²) in [6, 6.07) is 9.08. The molecule has 2 unspecified atom stereocenters. The molecule has 0 radical (unpaired) electrons. The zero-order valence-electron chi connectivity index (χ0n) is 10.4. The van der Waals surface area contributed by atoms with Crippen molar-refractivity contribution in [3.05, 3.63) is 35.9 Å². The second kappa shape index (κ2) is 5.92. The fourth-order valence-electron chi connectivity index (χ4n) is 2.14. The molecule has 0 aromatic heterocycles. The lowest BCUT2D eigenvalue weighted by atomic mass is 10.1. The van der Waals surface area contributed by atoms with Crippen molar-refractivity contribution in [2.45, 2.75) is 11.8 Å². The van der Waals surface area contributed by atoms with Gasteiger partial charge in [0.15, 0.2) is 9.84 Å². The normalized spacial score (nSPS) is 22.9. The van der Waals surface area contributed by atoms with E-state index < -0.39 is 15.2 Å². The van der Waals surface area contributed by atoms with E-state index in [-0.39, 0.29) is 23.3 Å². The number of rotatable bonds is 4. The van der Waals surface area contributed by atoms with Crippen LogP contribution in [0.4, 0.5) is 0 Å². The van der Waals surface area contributed by atoms with Gasteiger partial charge in [-0.15, -0.1) is 11.6 Å². The highest BCUT2D eigenvalue weighted by molar-refractivity contribution is 7.91. The highest BCUT2D eigenvalue weighted by Gasteiger charge is 2.28. The summed E-state index contributed by atoms with van der Waals surface area (Å²) in [4.78, 5) is 11.9. The zero-order chi connectivity index (χ0) is 13.9. The van der Waals surface area contributed by atoms with Crippen molar-refractivity contribution in [2.75, 3.05) is 18.1 Å². The molecule has 1 aliphatic rings. The number of carbonyl (C=O) groups is 1. The molecule has 2 rings (SSSR count). The average molecular weight is 302 g/mol. The van der Waals surface area contributed by atoms with Gasteiger partial charge in [-0.25, -0.2) is 8.42 Å². The second-order valence-corrected chi connectivity index (χ2v) is 7.45. The fourth-order valence-corrected chi connectivity index (χ4v) is 4.23. The van der Waals surface area contributed by atoms with Crippen molar-refractivity contribution in [1.82, 2.24) is 5.32 Å². The Morgan fingerprint density at radius 3 is 2.63 bits per heavy atom. The number of nitrogens with one attached hydrogen (secondary N) is 1. The SMILES string of the molecule is O=C(NCC1CCS(=O)(=O)C1)C(Cl)c1ccccc1. The maximum atomic E-state index is 11.9. The van der Waals surface area contributed by atoms with Crippen LogP contribution in [0, 0.1) is 5.92 Å². The van der Waals surface area contributed by atoms with E-state index in [0.29, 0.717) is 13.0 Å². The average Bonchev–Trinajstić information content (AvgIpc) is 2.76. The lowest BCUT2D eigenvalue weighted by Crippen LogP contribution is -2.32. The Labute approximate surface area is 118 Å². The van der Waals surface area contributed by atoms with E-state index >= 15 is 0 Å². The van der Waals surface area contributed by atoms with Gasteiger partial charge in [0.05, 0.1) is 11.5 Å². The molecular weight excluding hydrogens is 286 g/mol. The minimum Gasteiger partial charge on any atom is -0.354 e. The third-order valence-corrected chi connectivity index (χ3v) is 5.50. The van der Waals surface area contributed by atoms with Gasteiger partial charge in [0, 0.05) is 6.54 Å². The number of sulfone groups is 1. The Kier molecular flexibility index (Phi) is 4.47. The monoisotopic (exact) mass is 301 g/mol. The van der Waals surface area contributed by atoms with Gasteiger partial charge in [0.1, 0.15) is 5.38 Å². The Hall–Kier alpha value is -1.07. The molecule has 0 spiro atoms. The summed E-state index contributed by atoms with van der Waals surface area (Å²) in [6.07, 6.45) is 0.612. The first-order valence-corrected chi connectivity index (χ1v) is 8.41. The summed E-state index contributed by atoms with van der Waals surface area (Å²) in [6.45, 7) is 0.369. The number of benzene rings is 1. The molecule has 19 heavy (non-hydrogen) atoms. The van der Waals surface area contributed by atoms with E-state index in [2.05, 4.69) is 5.32 Å². The van der Waals surface area contributed by atoms with Crippen molar-refractivity contribution in [3.8, 4) is 0 Å². The van der Waals surface area contributed by atoms with Crippen LogP contribution in [0.2, 0.25) is 0 Å². The van der Waals surface area contributed by atoms with Crippen LogP contribution >= 0.6 is 11.6 Å². The number of hydrogen-bond acceptors (Lipinski definition) is 3. The van der Waals surface area contributed by atoms with Crippen LogP contribution in [0.1, 0.15) is 17.4 Å². The molecule has 1 aromatic carbocycles. The maximum absolute atomic E-state index is 11.9. The Morgan fingerprint density at radius 1 is 1.37 bits per heavy atom. The Balaban J connectivity index is 1.85. The van der Waals surface area contributed by atoms with Crippen molar-refractivity contribution < 1.29 is 13.2 Å². The Bertz CT molecular complexity index is 544. The molecule has 6 heteroatoms. The molecule has 1 aromatic rings. The minimum atomic E-state index is -2.90. The summed E-state index contributed by atoms with van der Waals surface area (Å²) in [5.41, 5.74) is 0.737. The lowest BCUT2D eigenvalue weighted by Gasteiger charge is -2.13. The molecule has 1 saturated heterocycles. The van der Waals surface area contributed by atoms with Crippen molar-refractivity contribution in [1.29, 1.82) is 0 Å². The molecule has 0 saturated carbocycles. The molecule has 1 aliphatic heterocycles. The van der Waals surface area contributed by atoms with Gasteiger partial charge < -0.3 is 5.32 Å². The van der Waals surface area contributed by atoms with Gasteiger partial charge in [-0.1, -0.05) is 30.3 Å². The van der Waals surface area contributed by atoms with Crippen LogP contribution in [0.5, 0.6) is 0 Å². The summed E-state index contributed by atoms with van der Waals surface area (Å²) in [5.74, 6) is 0.105. The van der Waals surface area contributed by atoms with Crippen LogP contribution < -0.4 is 5.32 Å². The molecular formula is C13H16ClNO3S. The second-order valence-electron chi connectivity index (χ2n) is 4.79.